The zero-order valence-corrected chi connectivity index (χ0v) is 21.4. The smallest absolute Gasteiger partial charge is 0.349 e. The van der Waals surface area contributed by atoms with Gasteiger partial charge in [0.2, 0.25) is 0 Å². The maximum absolute atomic E-state index is 13.6. The Balaban J connectivity index is 1.20. The molecule has 196 valence electrons. The van der Waals surface area contributed by atoms with E-state index in [1.165, 1.54) is 11.3 Å². The number of para-hydroxylation sites is 1. The molecule has 1 saturated heterocycles. The van der Waals surface area contributed by atoms with Crippen LogP contribution in [0.25, 0.3) is 11.0 Å². The number of amides is 3. The molecular formula is C30H31N3O5. The molecule has 1 saturated carbocycles. The van der Waals surface area contributed by atoms with Crippen LogP contribution in [0.3, 0.4) is 0 Å². The van der Waals surface area contributed by atoms with Crippen molar-refractivity contribution in [1.29, 1.82) is 0 Å². The minimum absolute atomic E-state index is 0.0216. The summed E-state index contributed by atoms with van der Waals surface area (Å²) >= 11 is 0. The second-order valence-corrected chi connectivity index (χ2v) is 10.4. The summed E-state index contributed by atoms with van der Waals surface area (Å²) < 4.78 is 5.35. The van der Waals surface area contributed by atoms with E-state index in [0.29, 0.717) is 48.3 Å². The minimum Gasteiger partial charge on any atom is -0.422 e. The van der Waals surface area contributed by atoms with Gasteiger partial charge in [0, 0.05) is 37.6 Å². The highest BCUT2D eigenvalue weighted by molar-refractivity contribution is 6.24. The van der Waals surface area contributed by atoms with Gasteiger partial charge in [-0.3, -0.25) is 19.3 Å². The number of fused-ring (bicyclic) bond motifs is 2. The third-order valence-electron chi connectivity index (χ3n) is 8.14. The summed E-state index contributed by atoms with van der Waals surface area (Å²) in [6.07, 6.45) is 7.32. The zero-order valence-electron chi connectivity index (χ0n) is 21.4. The average Bonchev–Trinajstić information content (AvgIpc) is 3.18. The van der Waals surface area contributed by atoms with Crippen LogP contribution in [-0.4, -0.2) is 59.7 Å². The Morgan fingerprint density at radius 1 is 0.789 bits per heavy atom. The van der Waals surface area contributed by atoms with Crippen molar-refractivity contribution in [3.05, 3.63) is 75.6 Å². The second-order valence-electron chi connectivity index (χ2n) is 10.4. The molecule has 3 heterocycles. The molecule has 3 aromatic rings. The Kier molecular flexibility index (Phi) is 6.47. The first-order chi connectivity index (χ1) is 18.5. The van der Waals surface area contributed by atoms with E-state index in [-0.39, 0.29) is 29.3 Å². The molecule has 1 aromatic heterocycles. The van der Waals surface area contributed by atoms with Crippen molar-refractivity contribution in [2.24, 2.45) is 0 Å². The lowest BCUT2D eigenvalue weighted by atomic mass is 9.95. The molecule has 2 aromatic carbocycles. The molecule has 0 atom stereocenters. The van der Waals surface area contributed by atoms with Gasteiger partial charge >= 0.3 is 5.63 Å². The summed E-state index contributed by atoms with van der Waals surface area (Å²) in [6, 6.07) is 14.1. The number of nitrogens with zero attached hydrogens (tertiary/aromatic N) is 3. The highest BCUT2D eigenvalue weighted by Gasteiger charge is 2.42. The number of hydrogen-bond acceptors (Lipinski definition) is 6. The number of carbonyl (C=O) groups is 3. The standard InChI is InChI=1S/C30H31N3O5/c34-27(23-19-20-9-6-7-14-25(20)38-30(23)37)32-17-15-31(16-18-32)24-13-8-12-22-26(24)29(36)33(28(22)35)21-10-4-2-1-3-5-11-21/h6-9,12-14,19,21H,1-5,10-11,15-18H2. The van der Waals surface area contributed by atoms with Crippen molar-refractivity contribution in [2.75, 3.05) is 31.1 Å². The van der Waals surface area contributed by atoms with Crippen LogP contribution >= 0.6 is 0 Å². The summed E-state index contributed by atoms with van der Waals surface area (Å²) in [6.45, 7) is 1.77. The van der Waals surface area contributed by atoms with Gasteiger partial charge in [-0.2, -0.15) is 0 Å². The fourth-order valence-corrected chi connectivity index (χ4v) is 6.11. The lowest BCUT2D eigenvalue weighted by Crippen LogP contribution is -2.50. The fourth-order valence-electron chi connectivity index (χ4n) is 6.11. The molecule has 8 heteroatoms. The van der Waals surface area contributed by atoms with E-state index in [1.807, 2.05) is 18.2 Å². The SMILES string of the molecule is O=C(c1cc2ccccc2oc1=O)N1CCN(c2cccc3c2C(=O)N(C2CCCCCCC2)C3=O)CC1. The summed E-state index contributed by atoms with van der Waals surface area (Å²) in [4.78, 5) is 57.9. The van der Waals surface area contributed by atoms with Gasteiger partial charge in [-0.25, -0.2) is 4.79 Å². The number of hydrogen-bond donors (Lipinski definition) is 0. The summed E-state index contributed by atoms with van der Waals surface area (Å²) in [5.41, 5.74) is 1.52. The van der Waals surface area contributed by atoms with Crippen LogP contribution in [0.15, 0.2) is 57.7 Å². The van der Waals surface area contributed by atoms with Gasteiger partial charge in [0.25, 0.3) is 17.7 Å². The molecule has 1 aliphatic carbocycles. The average molecular weight is 514 g/mol. The minimum atomic E-state index is -0.643. The molecule has 0 spiro atoms. The molecule has 0 bridgehead atoms. The van der Waals surface area contributed by atoms with Gasteiger partial charge in [-0.05, 0) is 37.1 Å². The molecule has 2 aliphatic heterocycles. The third kappa shape index (κ3) is 4.27. The van der Waals surface area contributed by atoms with Crippen molar-refractivity contribution in [2.45, 2.75) is 51.0 Å². The predicted molar refractivity (Wildman–Crippen MR) is 144 cm³/mol. The molecular weight excluding hydrogens is 482 g/mol. The van der Waals surface area contributed by atoms with Crippen LogP contribution < -0.4 is 10.5 Å². The van der Waals surface area contributed by atoms with Crippen molar-refractivity contribution >= 4 is 34.4 Å². The topological polar surface area (TPSA) is 91.1 Å². The number of benzene rings is 2. The number of anilines is 1. The van der Waals surface area contributed by atoms with Gasteiger partial charge in [-0.15, -0.1) is 0 Å². The maximum atomic E-state index is 13.6. The largest absolute Gasteiger partial charge is 0.422 e. The molecule has 0 unspecified atom stereocenters. The molecule has 3 aliphatic rings. The van der Waals surface area contributed by atoms with Gasteiger partial charge in [0.1, 0.15) is 11.1 Å². The number of rotatable bonds is 3. The Morgan fingerprint density at radius 2 is 1.50 bits per heavy atom. The Hall–Kier alpha value is -3.94. The molecule has 6 rings (SSSR count). The van der Waals surface area contributed by atoms with Gasteiger partial charge in [0.15, 0.2) is 0 Å². The van der Waals surface area contributed by atoms with Crippen molar-refractivity contribution in [3.8, 4) is 0 Å². The Morgan fingerprint density at radius 3 is 2.26 bits per heavy atom. The van der Waals surface area contributed by atoms with Crippen LogP contribution in [0.1, 0.15) is 76.0 Å². The summed E-state index contributed by atoms with van der Waals surface area (Å²) in [5, 5.41) is 0.700. The maximum Gasteiger partial charge on any atom is 0.349 e. The van der Waals surface area contributed by atoms with E-state index in [0.717, 1.165) is 44.2 Å². The molecule has 2 fully saturated rings. The molecule has 3 amide bonds. The van der Waals surface area contributed by atoms with E-state index >= 15 is 0 Å². The van der Waals surface area contributed by atoms with E-state index in [4.69, 9.17) is 4.42 Å². The molecule has 0 radical (unpaired) electrons. The number of carbonyl (C=O) groups excluding carboxylic acids is 3. The van der Waals surface area contributed by atoms with Gasteiger partial charge in [0.05, 0.1) is 16.8 Å². The van der Waals surface area contributed by atoms with Gasteiger partial charge in [-0.1, -0.05) is 56.4 Å². The van der Waals surface area contributed by atoms with E-state index in [9.17, 15) is 19.2 Å². The molecule has 0 N–H and O–H groups in total. The fraction of sp³-hybridized carbons (Fsp3) is 0.400. The molecule has 38 heavy (non-hydrogen) atoms. The lowest BCUT2D eigenvalue weighted by Gasteiger charge is -2.36. The van der Waals surface area contributed by atoms with Gasteiger partial charge < -0.3 is 14.2 Å². The van der Waals surface area contributed by atoms with Crippen LogP contribution in [0, 0.1) is 0 Å². The van der Waals surface area contributed by atoms with Crippen LogP contribution in [0.5, 0.6) is 0 Å². The normalized spacial score (nSPS) is 19.0. The summed E-state index contributed by atoms with van der Waals surface area (Å²) in [7, 11) is 0. The summed E-state index contributed by atoms with van der Waals surface area (Å²) in [5.74, 6) is -0.739. The zero-order chi connectivity index (χ0) is 26.2. The second kappa shape index (κ2) is 10.1. The van der Waals surface area contributed by atoms with E-state index in [1.54, 1.807) is 35.2 Å². The van der Waals surface area contributed by atoms with E-state index < -0.39 is 5.63 Å². The number of imide groups is 1. The first-order valence-corrected chi connectivity index (χ1v) is 13.6. The monoisotopic (exact) mass is 513 g/mol. The quantitative estimate of drug-likeness (QED) is 0.379. The van der Waals surface area contributed by atoms with E-state index in [2.05, 4.69) is 4.90 Å². The van der Waals surface area contributed by atoms with Crippen LogP contribution in [-0.2, 0) is 0 Å². The lowest BCUT2D eigenvalue weighted by molar-refractivity contribution is 0.0558. The Labute approximate surface area is 220 Å². The van der Waals surface area contributed by atoms with Crippen molar-refractivity contribution in [1.82, 2.24) is 9.80 Å². The predicted octanol–water partition coefficient (Wildman–Crippen LogP) is 4.46. The Bertz CT molecular complexity index is 1460. The van der Waals surface area contributed by atoms with Crippen LogP contribution in [0.4, 0.5) is 5.69 Å². The van der Waals surface area contributed by atoms with Crippen molar-refractivity contribution in [3.63, 3.8) is 0 Å². The highest BCUT2D eigenvalue weighted by atomic mass is 16.4. The highest BCUT2D eigenvalue weighted by Crippen LogP contribution is 2.35. The molecule has 8 nitrogen and oxygen atoms in total. The third-order valence-corrected chi connectivity index (χ3v) is 8.14. The van der Waals surface area contributed by atoms with Crippen LogP contribution in [0.2, 0.25) is 0 Å². The number of piperazine rings is 1. The first-order valence-electron chi connectivity index (χ1n) is 13.6. The first kappa shape index (κ1) is 24.4. The van der Waals surface area contributed by atoms with Crippen molar-refractivity contribution < 1.29 is 18.8 Å².